The first-order valence-corrected chi connectivity index (χ1v) is 9.26. The molecule has 1 atom stereocenters. The number of H-pyrrole nitrogens is 1. The van der Waals surface area contributed by atoms with Crippen molar-refractivity contribution >= 4 is 11.3 Å². The van der Waals surface area contributed by atoms with Crippen LogP contribution in [-0.2, 0) is 0 Å². The molecule has 0 spiro atoms. The van der Waals surface area contributed by atoms with Crippen molar-refractivity contribution in [2.45, 2.75) is 5.92 Å². The Labute approximate surface area is 163 Å². The zero-order valence-electron chi connectivity index (χ0n) is 14.7. The Morgan fingerprint density at radius 1 is 1.39 bits per heavy atom. The highest BCUT2D eigenvalue weighted by atomic mass is 32.1. The Hall–Kier alpha value is -3.64. The van der Waals surface area contributed by atoms with Crippen molar-refractivity contribution < 1.29 is 18.9 Å². The first-order chi connectivity index (χ1) is 13.7. The molecule has 28 heavy (non-hydrogen) atoms. The van der Waals surface area contributed by atoms with Crippen LogP contribution in [0, 0.1) is 11.3 Å². The lowest BCUT2D eigenvalue weighted by atomic mass is 9.83. The number of aromatic amines is 1. The Morgan fingerprint density at radius 2 is 2.29 bits per heavy atom. The maximum atomic E-state index is 9.81. The van der Waals surface area contributed by atoms with Crippen molar-refractivity contribution in [2.75, 3.05) is 13.9 Å². The van der Waals surface area contributed by atoms with E-state index in [2.05, 4.69) is 16.3 Å². The lowest BCUT2D eigenvalue weighted by Gasteiger charge is -2.24. The molecule has 0 saturated heterocycles. The van der Waals surface area contributed by atoms with E-state index >= 15 is 0 Å². The lowest BCUT2D eigenvalue weighted by molar-refractivity contribution is 0.171. The van der Waals surface area contributed by atoms with Crippen LogP contribution in [0.15, 0.2) is 41.1 Å². The third kappa shape index (κ3) is 2.32. The van der Waals surface area contributed by atoms with E-state index in [4.69, 9.17) is 24.7 Å². The molecule has 2 aliphatic rings. The minimum absolute atomic E-state index is 0.0286. The number of nitriles is 1. The third-order valence-electron chi connectivity index (χ3n) is 4.72. The fraction of sp³-hybridized carbons (Fsp3) is 0.158. The van der Waals surface area contributed by atoms with Crippen LogP contribution in [0.2, 0.25) is 0 Å². The summed E-state index contributed by atoms with van der Waals surface area (Å²) >= 11 is 1.56. The van der Waals surface area contributed by atoms with E-state index in [9.17, 15) is 5.26 Å². The van der Waals surface area contributed by atoms with Gasteiger partial charge >= 0.3 is 0 Å². The van der Waals surface area contributed by atoms with E-state index in [0.717, 1.165) is 21.7 Å². The highest BCUT2D eigenvalue weighted by molar-refractivity contribution is 7.13. The van der Waals surface area contributed by atoms with Crippen LogP contribution in [0.3, 0.4) is 0 Å². The van der Waals surface area contributed by atoms with Crippen molar-refractivity contribution in [3.63, 3.8) is 0 Å². The number of benzene rings is 1. The molecule has 0 aliphatic carbocycles. The average molecular weight is 394 g/mol. The highest BCUT2D eigenvalue weighted by Crippen LogP contribution is 2.50. The number of hydrogen-bond acceptors (Lipinski definition) is 8. The summed E-state index contributed by atoms with van der Waals surface area (Å²) in [6.07, 6.45) is 0. The Morgan fingerprint density at radius 3 is 3.04 bits per heavy atom. The maximum absolute atomic E-state index is 9.81. The second-order valence-corrected chi connectivity index (χ2v) is 7.12. The van der Waals surface area contributed by atoms with Crippen molar-refractivity contribution in [1.29, 1.82) is 5.26 Å². The summed E-state index contributed by atoms with van der Waals surface area (Å²) in [7, 11) is 1.56. The number of fused-ring (bicyclic) bond motifs is 2. The van der Waals surface area contributed by atoms with Crippen molar-refractivity contribution in [1.82, 2.24) is 10.2 Å². The molecule has 0 bridgehead atoms. The normalized spacial score (nSPS) is 17.1. The van der Waals surface area contributed by atoms with Gasteiger partial charge < -0.3 is 24.7 Å². The van der Waals surface area contributed by atoms with Gasteiger partial charge in [0.05, 0.1) is 29.2 Å². The van der Waals surface area contributed by atoms with Gasteiger partial charge in [0, 0.05) is 0 Å². The van der Waals surface area contributed by atoms with Crippen LogP contribution in [0.5, 0.6) is 23.1 Å². The van der Waals surface area contributed by atoms with Crippen molar-refractivity contribution in [3.05, 3.63) is 52.2 Å². The fourth-order valence-electron chi connectivity index (χ4n) is 3.50. The standard InChI is InChI=1S/C19H14N4O4S/c1-24-11-5-9(6-12-17(11)26-8-25-12)14-10(7-20)18(21)27-19-15(14)16(22-23-19)13-3-2-4-28-13/h2-6,14H,8,21H2,1H3,(H,22,23)/t14-/m1/s1. The smallest absolute Gasteiger partial charge is 0.244 e. The molecule has 9 heteroatoms. The number of rotatable bonds is 3. The molecule has 5 rings (SSSR count). The second kappa shape index (κ2) is 6.21. The predicted molar refractivity (Wildman–Crippen MR) is 100 cm³/mol. The number of methoxy groups -OCH3 is 1. The van der Waals surface area contributed by atoms with E-state index < -0.39 is 5.92 Å². The molecule has 4 heterocycles. The zero-order chi connectivity index (χ0) is 19.3. The van der Waals surface area contributed by atoms with E-state index in [1.807, 2.05) is 29.6 Å². The number of hydrogen-bond donors (Lipinski definition) is 2. The van der Waals surface area contributed by atoms with Gasteiger partial charge in [-0.1, -0.05) is 6.07 Å². The Bertz CT molecular complexity index is 1140. The maximum Gasteiger partial charge on any atom is 0.244 e. The van der Waals surface area contributed by atoms with Crippen molar-refractivity contribution in [3.8, 4) is 39.8 Å². The minimum atomic E-state index is -0.493. The number of aromatic nitrogens is 2. The summed E-state index contributed by atoms with van der Waals surface area (Å²) in [6, 6.07) is 9.77. The predicted octanol–water partition coefficient (Wildman–Crippen LogP) is 3.09. The topological polar surface area (TPSA) is 115 Å². The van der Waals surface area contributed by atoms with Crippen LogP contribution in [0.1, 0.15) is 17.0 Å². The average Bonchev–Trinajstić information content (AvgIpc) is 3.45. The van der Waals surface area contributed by atoms with Crippen LogP contribution < -0.4 is 24.7 Å². The van der Waals surface area contributed by atoms with Crippen molar-refractivity contribution in [2.24, 2.45) is 5.73 Å². The molecule has 0 fully saturated rings. The molecule has 8 nitrogen and oxygen atoms in total. The monoisotopic (exact) mass is 394 g/mol. The van der Waals surface area contributed by atoms with E-state index in [0.29, 0.717) is 28.7 Å². The number of nitrogens with one attached hydrogen (secondary N) is 1. The lowest BCUT2D eigenvalue weighted by Crippen LogP contribution is -2.21. The van der Waals surface area contributed by atoms with Crippen LogP contribution in [-0.4, -0.2) is 24.1 Å². The molecule has 3 N–H and O–H groups in total. The van der Waals surface area contributed by atoms with Gasteiger partial charge in [0.25, 0.3) is 0 Å². The summed E-state index contributed by atoms with van der Waals surface area (Å²) in [6.45, 7) is 0.114. The van der Waals surface area contributed by atoms with E-state index in [1.165, 1.54) is 0 Å². The molecule has 1 aromatic carbocycles. The van der Waals surface area contributed by atoms with Gasteiger partial charge in [0.1, 0.15) is 11.6 Å². The molecule has 0 saturated carbocycles. The van der Waals surface area contributed by atoms with Gasteiger partial charge in [-0.15, -0.1) is 16.4 Å². The molecule has 0 amide bonds. The van der Waals surface area contributed by atoms with Gasteiger partial charge in [-0.05, 0) is 29.1 Å². The molecule has 140 valence electrons. The number of nitrogens with zero attached hydrogens (tertiary/aromatic N) is 2. The fourth-order valence-corrected chi connectivity index (χ4v) is 4.24. The first-order valence-electron chi connectivity index (χ1n) is 8.38. The Kier molecular flexibility index (Phi) is 3.67. The summed E-state index contributed by atoms with van der Waals surface area (Å²) in [5.74, 6) is 1.50. The minimum Gasteiger partial charge on any atom is -0.493 e. The quantitative estimate of drug-likeness (QED) is 0.701. The molecule has 2 aliphatic heterocycles. The van der Waals surface area contributed by atoms with Gasteiger partial charge in [-0.25, -0.2) is 0 Å². The highest BCUT2D eigenvalue weighted by Gasteiger charge is 2.37. The van der Waals surface area contributed by atoms with Gasteiger partial charge in [-0.3, -0.25) is 5.10 Å². The number of ether oxygens (including phenoxy) is 4. The molecule has 0 unspecified atom stereocenters. The molecular weight excluding hydrogens is 380 g/mol. The van der Waals surface area contributed by atoms with Crippen LogP contribution >= 0.6 is 11.3 Å². The third-order valence-corrected chi connectivity index (χ3v) is 5.61. The molecule has 2 aromatic heterocycles. The summed E-state index contributed by atoms with van der Waals surface area (Å²) in [5, 5.41) is 19.1. The largest absolute Gasteiger partial charge is 0.493 e. The van der Waals surface area contributed by atoms with Crippen LogP contribution in [0.25, 0.3) is 10.6 Å². The van der Waals surface area contributed by atoms with Crippen LogP contribution in [0.4, 0.5) is 0 Å². The molecule has 3 aromatic rings. The van der Waals surface area contributed by atoms with Gasteiger partial charge in [0.15, 0.2) is 11.5 Å². The second-order valence-electron chi connectivity index (χ2n) is 6.18. The number of thiophene rings is 1. The molecule has 0 radical (unpaired) electrons. The Balaban J connectivity index is 1.75. The number of nitrogens with two attached hydrogens (primary N) is 1. The van der Waals surface area contributed by atoms with E-state index in [-0.39, 0.29) is 12.7 Å². The zero-order valence-corrected chi connectivity index (χ0v) is 15.5. The summed E-state index contributed by atoms with van der Waals surface area (Å²) < 4.78 is 22.1. The number of allylic oxidation sites excluding steroid dienone is 1. The van der Waals surface area contributed by atoms with Gasteiger partial charge in [0.2, 0.25) is 24.3 Å². The molecular formula is C19H14N4O4S. The SMILES string of the molecule is COc1cc([C@@H]2C(C#N)=C(N)Oc3n[nH]c(-c4cccs4)c32)cc2c1OCO2. The van der Waals surface area contributed by atoms with Gasteiger partial charge in [-0.2, -0.15) is 5.26 Å². The summed E-state index contributed by atoms with van der Waals surface area (Å²) in [4.78, 5) is 0.979. The summed E-state index contributed by atoms with van der Waals surface area (Å²) in [5.41, 5.74) is 8.64. The van der Waals surface area contributed by atoms with E-state index in [1.54, 1.807) is 18.4 Å². The first kappa shape index (κ1) is 16.5.